The van der Waals surface area contributed by atoms with Crippen LogP contribution in [0.1, 0.15) is 5.56 Å². The molecule has 0 heterocycles. The van der Waals surface area contributed by atoms with E-state index in [0.29, 0.717) is 0 Å². The topological polar surface area (TPSA) is 9.23 Å². The highest BCUT2D eigenvalue weighted by atomic mass is 35.5. The standard InChI is InChI=1S/C10H6ClF3O/c11-3-1-2-7-4-8(12)6-9(5-7)15-10(13)14/h4-6,10H,3H2. The van der Waals surface area contributed by atoms with E-state index in [0.717, 1.165) is 12.1 Å². The van der Waals surface area contributed by atoms with Crippen molar-refractivity contribution < 1.29 is 17.9 Å². The molecule has 5 heteroatoms. The lowest BCUT2D eigenvalue weighted by Crippen LogP contribution is -2.02. The van der Waals surface area contributed by atoms with Crippen LogP contribution in [0.5, 0.6) is 5.75 Å². The van der Waals surface area contributed by atoms with Crippen molar-refractivity contribution in [3.8, 4) is 17.6 Å². The lowest BCUT2D eigenvalue weighted by molar-refractivity contribution is -0.0500. The first kappa shape index (κ1) is 11.7. The normalized spacial score (nSPS) is 9.67. The molecule has 0 unspecified atom stereocenters. The highest BCUT2D eigenvalue weighted by Crippen LogP contribution is 2.17. The third kappa shape index (κ3) is 4.13. The molecule has 0 bridgehead atoms. The summed E-state index contributed by atoms with van der Waals surface area (Å²) in [6, 6.07) is 3.19. The van der Waals surface area contributed by atoms with Gasteiger partial charge >= 0.3 is 6.61 Å². The van der Waals surface area contributed by atoms with Gasteiger partial charge in [-0.25, -0.2) is 4.39 Å². The van der Waals surface area contributed by atoms with E-state index in [1.165, 1.54) is 6.07 Å². The Morgan fingerprint density at radius 3 is 2.67 bits per heavy atom. The van der Waals surface area contributed by atoms with Gasteiger partial charge in [-0.15, -0.1) is 11.6 Å². The van der Waals surface area contributed by atoms with Crippen molar-refractivity contribution in [2.75, 3.05) is 5.88 Å². The molecule has 1 rings (SSSR count). The van der Waals surface area contributed by atoms with Gasteiger partial charge in [-0.1, -0.05) is 11.8 Å². The molecule has 80 valence electrons. The van der Waals surface area contributed by atoms with Crippen molar-refractivity contribution in [2.45, 2.75) is 6.61 Å². The lowest BCUT2D eigenvalue weighted by Gasteiger charge is -2.04. The van der Waals surface area contributed by atoms with Gasteiger partial charge in [-0.05, 0) is 12.1 Å². The van der Waals surface area contributed by atoms with Gasteiger partial charge in [0.2, 0.25) is 0 Å². The Morgan fingerprint density at radius 2 is 2.07 bits per heavy atom. The summed E-state index contributed by atoms with van der Waals surface area (Å²) in [4.78, 5) is 0. The Kier molecular flexibility index (Phi) is 4.32. The molecular formula is C10H6ClF3O. The van der Waals surface area contributed by atoms with Crippen LogP contribution in [0.3, 0.4) is 0 Å². The number of hydrogen-bond acceptors (Lipinski definition) is 1. The Hall–Kier alpha value is -1.34. The minimum atomic E-state index is -2.99. The monoisotopic (exact) mass is 234 g/mol. The van der Waals surface area contributed by atoms with E-state index < -0.39 is 12.4 Å². The fourth-order valence-corrected chi connectivity index (χ4v) is 1.01. The second kappa shape index (κ2) is 5.52. The number of rotatable bonds is 2. The van der Waals surface area contributed by atoms with Gasteiger partial charge in [0, 0.05) is 11.6 Å². The maximum absolute atomic E-state index is 12.9. The van der Waals surface area contributed by atoms with Gasteiger partial charge in [-0.2, -0.15) is 8.78 Å². The molecule has 0 radical (unpaired) electrons. The zero-order valence-electron chi connectivity index (χ0n) is 7.44. The zero-order valence-corrected chi connectivity index (χ0v) is 8.19. The minimum absolute atomic E-state index is 0.0849. The second-order valence-electron chi connectivity index (χ2n) is 2.49. The predicted octanol–water partition coefficient (Wildman–Crippen LogP) is 3.02. The van der Waals surface area contributed by atoms with Crippen LogP contribution in [0.25, 0.3) is 0 Å². The van der Waals surface area contributed by atoms with Crippen LogP contribution >= 0.6 is 11.6 Å². The quantitative estimate of drug-likeness (QED) is 0.565. The molecule has 0 aliphatic heterocycles. The number of halogens is 4. The summed E-state index contributed by atoms with van der Waals surface area (Å²) in [6.07, 6.45) is 0. The van der Waals surface area contributed by atoms with E-state index >= 15 is 0 Å². The molecule has 0 atom stereocenters. The van der Waals surface area contributed by atoms with E-state index in [9.17, 15) is 13.2 Å². The zero-order chi connectivity index (χ0) is 11.3. The van der Waals surface area contributed by atoms with E-state index in [1.54, 1.807) is 0 Å². The number of hydrogen-bond donors (Lipinski definition) is 0. The highest BCUT2D eigenvalue weighted by Gasteiger charge is 2.06. The molecule has 0 aliphatic rings. The summed E-state index contributed by atoms with van der Waals surface area (Å²) < 4.78 is 40.6. The molecule has 0 spiro atoms. The summed E-state index contributed by atoms with van der Waals surface area (Å²) >= 11 is 5.30. The van der Waals surface area contributed by atoms with Crippen LogP contribution in [0.2, 0.25) is 0 Å². The largest absolute Gasteiger partial charge is 0.435 e. The van der Waals surface area contributed by atoms with Gasteiger partial charge in [0.05, 0.1) is 5.88 Å². The molecule has 1 aromatic carbocycles. The fraction of sp³-hybridized carbons (Fsp3) is 0.200. The fourth-order valence-electron chi connectivity index (χ4n) is 0.941. The molecule has 0 saturated heterocycles. The third-order valence-corrected chi connectivity index (χ3v) is 1.53. The highest BCUT2D eigenvalue weighted by molar-refractivity contribution is 6.19. The summed E-state index contributed by atoms with van der Waals surface area (Å²) in [6.45, 7) is -2.99. The summed E-state index contributed by atoms with van der Waals surface area (Å²) in [5.41, 5.74) is 0.242. The molecule has 0 saturated carbocycles. The van der Waals surface area contributed by atoms with Crippen LogP contribution in [-0.4, -0.2) is 12.5 Å². The van der Waals surface area contributed by atoms with Crippen LogP contribution in [0.15, 0.2) is 18.2 Å². The van der Waals surface area contributed by atoms with Crippen molar-refractivity contribution in [1.82, 2.24) is 0 Å². The Morgan fingerprint density at radius 1 is 1.33 bits per heavy atom. The van der Waals surface area contributed by atoms with Crippen LogP contribution in [0.4, 0.5) is 13.2 Å². The van der Waals surface area contributed by atoms with Gasteiger partial charge in [0.15, 0.2) is 0 Å². The first-order chi connectivity index (χ1) is 7.11. The van der Waals surface area contributed by atoms with Gasteiger partial charge in [-0.3, -0.25) is 0 Å². The van der Waals surface area contributed by atoms with E-state index in [1.807, 2.05) is 0 Å². The van der Waals surface area contributed by atoms with Crippen molar-refractivity contribution in [1.29, 1.82) is 0 Å². The van der Waals surface area contributed by atoms with Gasteiger partial charge in [0.1, 0.15) is 11.6 Å². The van der Waals surface area contributed by atoms with Crippen LogP contribution in [0, 0.1) is 17.7 Å². The van der Waals surface area contributed by atoms with Gasteiger partial charge in [0.25, 0.3) is 0 Å². The summed E-state index contributed by atoms with van der Waals surface area (Å²) in [5.74, 6) is 4.12. The average Bonchev–Trinajstić information content (AvgIpc) is 2.12. The molecule has 0 aliphatic carbocycles. The first-order valence-corrected chi connectivity index (χ1v) is 4.45. The SMILES string of the molecule is Fc1cc(C#CCCl)cc(OC(F)F)c1. The number of ether oxygens (including phenoxy) is 1. The van der Waals surface area contributed by atoms with Crippen molar-refractivity contribution >= 4 is 11.6 Å². The Bertz CT molecular complexity index is 395. The molecule has 1 nitrogen and oxygen atoms in total. The Balaban J connectivity index is 2.94. The van der Waals surface area contributed by atoms with Crippen molar-refractivity contribution in [2.24, 2.45) is 0 Å². The average molecular weight is 235 g/mol. The second-order valence-corrected chi connectivity index (χ2v) is 2.76. The van der Waals surface area contributed by atoms with E-state index in [-0.39, 0.29) is 17.2 Å². The molecular weight excluding hydrogens is 229 g/mol. The molecule has 15 heavy (non-hydrogen) atoms. The van der Waals surface area contributed by atoms with Crippen LogP contribution < -0.4 is 4.74 Å². The third-order valence-electron chi connectivity index (χ3n) is 1.40. The van der Waals surface area contributed by atoms with E-state index in [4.69, 9.17) is 11.6 Å². The molecule has 0 aromatic heterocycles. The Labute approximate surface area is 89.8 Å². The maximum atomic E-state index is 12.9. The number of benzene rings is 1. The molecule has 0 amide bonds. The molecule has 0 fully saturated rings. The van der Waals surface area contributed by atoms with Crippen molar-refractivity contribution in [3.63, 3.8) is 0 Å². The van der Waals surface area contributed by atoms with Crippen LogP contribution in [-0.2, 0) is 0 Å². The summed E-state index contributed by atoms with van der Waals surface area (Å²) in [5, 5.41) is 0. The first-order valence-electron chi connectivity index (χ1n) is 3.92. The predicted molar refractivity (Wildman–Crippen MR) is 50.6 cm³/mol. The van der Waals surface area contributed by atoms with E-state index in [2.05, 4.69) is 16.6 Å². The maximum Gasteiger partial charge on any atom is 0.387 e. The van der Waals surface area contributed by atoms with Gasteiger partial charge < -0.3 is 4.74 Å². The van der Waals surface area contributed by atoms with Crippen molar-refractivity contribution in [3.05, 3.63) is 29.6 Å². The summed E-state index contributed by atoms with van der Waals surface area (Å²) in [7, 11) is 0. The minimum Gasteiger partial charge on any atom is -0.435 e. The molecule has 0 N–H and O–H groups in total. The molecule has 1 aromatic rings. The smallest absolute Gasteiger partial charge is 0.387 e. The lowest BCUT2D eigenvalue weighted by atomic mass is 10.2. The number of alkyl halides is 3.